The van der Waals surface area contributed by atoms with Crippen LogP contribution in [0.4, 0.5) is 13.2 Å². The van der Waals surface area contributed by atoms with Crippen molar-refractivity contribution in [3.63, 3.8) is 0 Å². The fraction of sp³-hybridized carbons (Fsp3) is 0.455. The maximum Gasteiger partial charge on any atom is 0.390 e. The number of halogens is 3. The maximum absolute atomic E-state index is 12.1. The Balaban J connectivity index is 2.72. The van der Waals surface area contributed by atoms with Crippen LogP contribution in [0.25, 0.3) is 0 Å². The second kappa shape index (κ2) is 6.37. The molecular formula is C11H15F3N4O. The van der Waals surface area contributed by atoms with E-state index in [1.165, 1.54) is 11.1 Å². The molecule has 0 saturated heterocycles. The molecule has 0 aliphatic heterocycles. The van der Waals surface area contributed by atoms with E-state index < -0.39 is 12.6 Å². The first-order valence-electron chi connectivity index (χ1n) is 5.50. The van der Waals surface area contributed by atoms with E-state index in [1.54, 1.807) is 19.2 Å². The van der Waals surface area contributed by atoms with Crippen LogP contribution >= 0.6 is 0 Å². The number of alkyl halides is 3. The third-order valence-corrected chi connectivity index (χ3v) is 2.46. The van der Waals surface area contributed by atoms with E-state index in [-0.39, 0.29) is 24.6 Å². The Labute approximate surface area is 108 Å². The molecule has 1 aromatic rings. The molecule has 0 aliphatic carbocycles. The van der Waals surface area contributed by atoms with Gasteiger partial charge in [-0.1, -0.05) is 11.2 Å². The molecule has 5 nitrogen and oxygen atoms in total. The zero-order valence-electron chi connectivity index (χ0n) is 10.4. The van der Waals surface area contributed by atoms with E-state index in [9.17, 15) is 13.2 Å². The molecule has 0 radical (unpaired) electrons. The third-order valence-electron chi connectivity index (χ3n) is 2.46. The van der Waals surface area contributed by atoms with E-state index in [4.69, 9.17) is 10.9 Å². The normalized spacial score (nSPS) is 13.0. The number of rotatable bonds is 5. The number of oxime groups is 1. The lowest BCUT2D eigenvalue weighted by Crippen LogP contribution is -2.26. The van der Waals surface area contributed by atoms with Gasteiger partial charge in [-0.25, -0.2) is 0 Å². The monoisotopic (exact) mass is 276 g/mol. The smallest absolute Gasteiger partial charge is 0.390 e. The second-order valence-electron chi connectivity index (χ2n) is 4.10. The lowest BCUT2D eigenvalue weighted by molar-refractivity contribution is -0.137. The fourth-order valence-corrected chi connectivity index (χ4v) is 1.53. The number of hydrogen-bond acceptors (Lipinski definition) is 4. The minimum absolute atomic E-state index is 0.131. The number of hydrogen-bond donors (Lipinski definition) is 2. The largest absolute Gasteiger partial charge is 0.409 e. The second-order valence-corrected chi connectivity index (χ2v) is 4.10. The Kier molecular flexibility index (Phi) is 5.11. The number of nitrogens with zero attached hydrogens (tertiary/aromatic N) is 3. The van der Waals surface area contributed by atoms with Crippen molar-refractivity contribution < 1.29 is 18.4 Å². The van der Waals surface area contributed by atoms with Gasteiger partial charge in [0, 0.05) is 19.3 Å². The van der Waals surface area contributed by atoms with Crippen molar-refractivity contribution in [1.82, 2.24) is 9.88 Å². The molecule has 0 saturated carbocycles. The molecule has 0 unspecified atom stereocenters. The van der Waals surface area contributed by atoms with Gasteiger partial charge in [-0.3, -0.25) is 4.98 Å². The van der Waals surface area contributed by atoms with Gasteiger partial charge in [0.1, 0.15) is 5.69 Å². The average Bonchev–Trinajstić information content (AvgIpc) is 2.35. The lowest BCUT2D eigenvalue weighted by atomic mass is 10.1. The van der Waals surface area contributed by atoms with Crippen molar-refractivity contribution in [2.45, 2.75) is 19.1 Å². The van der Waals surface area contributed by atoms with Gasteiger partial charge in [0.25, 0.3) is 0 Å². The zero-order valence-corrected chi connectivity index (χ0v) is 10.4. The molecule has 1 aromatic heterocycles. The summed E-state index contributed by atoms with van der Waals surface area (Å²) in [5.41, 5.74) is 6.32. The number of pyridine rings is 1. The number of amidine groups is 1. The molecule has 106 valence electrons. The van der Waals surface area contributed by atoms with Crippen LogP contribution in [0.3, 0.4) is 0 Å². The number of nitrogens with two attached hydrogens (primary N) is 1. The molecule has 0 bridgehead atoms. The van der Waals surface area contributed by atoms with E-state index in [1.807, 2.05) is 0 Å². The minimum atomic E-state index is -4.18. The average molecular weight is 276 g/mol. The highest BCUT2D eigenvalue weighted by Gasteiger charge is 2.27. The molecular weight excluding hydrogens is 261 g/mol. The molecule has 19 heavy (non-hydrogen) atoms. The van der Waals surface area contributed by atoms with E-state index in [2.05, 4.69) is 10.1 Å². The molecule has 8 heteroatoms. The standard InChI is InChI=1S/C11H15F3N4O/c1-18(6-4-11(12,13)14)7-8-3-2-5-16-9(8)10(15)17-19/h2-3,5,19H,4,6-7H2,1H3,(H2,15,17). The summed E-state index contributed by atoms with van der Waals surface area (Å²) in [6.45, 7) is 0.101. The van der Waals surface area contributed by atoms with E-state index in [0.29, 0.717) is 5.56 Å². The summed E-state index contributed by atoms with van der Waals surface area (Å²) in [4.78, 5) is 5.45. The van der Waals surface area contributed by atoms with Crippen LogP contribution in [-0.2, 0) is 6.54 Å². The Morgan fingerprint density at radius 3 is 2.79 bits per heavy atom. The van der Waals surface area contributed by atoms with Crippen molar-refractivity contribution >= 4 is 5.84 Å². The van der Waals surface area contributed by atoms with E-state index >= 15 is 0 Å². The van der Waals surface area contributed by atoms with E-state index in [0.717, 1.165) is 0 Å². The van der Waals surface area contributed by atoms with Crippen LogP contribution in [0.1, 0.15) is 17.7 Å². The van der Waals surface area contributed by atoms with Crippen LogP contribution in [-0.4, -0.2) is 40.7 Å². The Hall–Kier alpha value is -1.83. The van der Waals surface area contributed by atoms with Gasteiger partial charge >= 0.3 is 6.18 Å². The van der Waals surface area contributed by atoms with Crippen molar-refractivity contribution in [3.05, 3.63) is 29.6 Å². The van der Waals surface area contributed by atoms with Crippen molar-refractivity contribution in [2.24, 2.45) is 10.9 Å². The van der Waals surface area contributed by atoms with Gasteiger partial charge in [0.05, 0.1) is 6.42 Å². The van der Waals surface area contributed by atoms with Crippen molar-refractivity contribution in [1.29, 1.82) is 0 Å². The van der Waals surface area contributed by atoms with Gasteiger partial charge in [-0.15, -0.1) is 0 Å². The minimum Gasteiger partial charge on any atom is -0.409 e. The molecule has 3 N–H and O–H groups in total. The lowest BCUT2D eigenvalue weighted by Gasteiger charge is -2.18. The Morgan fingerprint density at radius 2 is 2.21 bits per heavy atom. The van der Waals surface area contributed by atoms with Crippen LogP contribution < -0.4 is 5.73 Å². The Bertz CT molecular complexity index is 448. The third kappa shape index (κ3) is 5.12. The van der Waals surface area contributed by atoms with Gasteiger partial charge in [-0.2, -0.15) is 13.2 Å². The predicted molar refractivity (Wildman–Crippen MR) is 63.8 cm³/mol. The predicted octanol–water partition coefficient (Wildman–Crippen LogP) is 1.56. The quantitative estimate of drug-likeness (QED) is 0.370. The first kappa shape index (κ1) is 15.2. The Morgan fingerprint density at radius 1 is 1.53 bits per heavy atom. The molecule has 0 atom stereocenters. The summed E-state index contributed by atoms with van der Waals surface area (Å²) in [7, 11) is 1.56. The highest BCUT2D eigenvalue weighted by molar-refractivity contribution is 5.96. The molecule has 0 aromatic carbocycles. The molecule has 0 aliphatic rings. The highest BCUT2D eigenvalue weighted by Crippen LogP contribution is 2.20. The summed E-state index contributed by atoms with van der Waals surface area (Å²) in [6.07, 6.45) is -3.60. The zero-order chi connectivity index (χ0) is 14.5. The summed E-state index contributed by atoms with van der Waals surface area (Å²) >= 11 is 0. The summed E-state index contributed by atoms with van der Waals surface area (Å²) in [5.74, 6) is -0.167. The first-order chi connectivity index (χ1) is 8.83. The van der Waals surface area contributed by atoms with Crippen molar-refractivity contribution in [3.8, 4) is 0 Å². The summed E-state index contributed by atoms with van der Waals surface area (Å²) < 4.78 is 36.3. The van der Waals surface area contributed by atoms with Crippen LogP contribution in [0.5, 0.6) is 0 Å². The number of aromatic nitrogens is 1. The van der Waals surface area contributed by atoms with Crippen molar-refractivity contribution in [2.75, 3.05) is 13.6 Å². The van der Waals surface area contributed by atoms with Gasteiger partial charge in [0.15, 0.2) is 5.84 Å². The highest BCUT2D eigenvalue weighted by atomic mass is 19.4. The van der Waals surface area contributed by atoms with Crippen LogP contribution in [0.15, 0.2) is 23.5 Å². The fourth-order valence-electron chi connectivity index (χ4n) is 1.53. The van der Waals surface area contributed by atoms with Crippen LogP contribution in [0, 0.1) is 0 Å². The molecule has 0 spiro atoms. The molecule has 0 amide bonds. The SMILES string of the molecule is CN(CCC(F)(F)F)Cc1cccnc1C(N)=NO. The van der Waals surface area contributed by atoms with Crippen LogP contribution in [0.2, 0.25) is 0 Å². The summed E-state index contributed by atoms with van der Waals surface area (Å²) in [6, 6.07) is 3.31. The molecule has 1 rings (SSSR count). The summed E-state index contributed by atoms with van der Waals surface area (Å²) in [5, 5.41) is 11.5. The maximum atomic E-state index is 12.1. The first-order valence-corrected chi connectivity index (χ1v) is 5.50. The van der Waals surface area contributed by atoms with Gasteiger partial charge in [-0.05, 0) is 18.7 Å². The topological polar surface area (TPSA) is 74.7 Å². The molecule has 0 fully saturated rings. The van der Waals surface area contributed by atoms with Gasteiger partial charge < -0.3 is 15.8 Å². The van der Waals surface area contributed by atoms with Gasteiger partial charge in [0.2, 0.25) is 0 Å². The molecule has 1 heterocycles.